The van der Waals surface area contributed by atoms with Gasteiger partial charge in [-0.05, 0) is 24.6 Å². The summed E-state index contributed by atoms with van der Waals surface area (Å²) in [6, 6.07) is 4.92. The molecule has 1 aromatic rings. The Morgan fingerprint density at radius 2 is 2.40 bits per heavy atom. The van der Waals surface area contributed by atoms with Crippen LogP contribution in [0.3, 0.4) is 0 Å². The van der Waals surface area contributed by atoms with Crippen LogP contribution in [0.4, 0.5) is 0 Å². The number of carbonyl (C=O) groups is 1. The second-order valence-corrected chi connectivity index (χ2v) is 3.16. The smallest absolute Gasteiger partial charge is 0.310 e. The van der Waals surface area contributed by atoms with E-state index in [1.807, 2.05) is 6.07 Å². The van der Waals surface area contributed by atoms with E-state index >= 15 is 0 Å². The van der Waals surface area contributed by atoms with Crippen molar-refractivity contribution in [3.8, 4) is 6.07 Å². The lowest BCUT2D eigenvalue weighted by Gasteiger charge is -2.02. The molecule has 0 atom stereocenters. The number of carbonyl (C=O) groups excluding carboxylic acids is 1. The minimum Gasteiger partial charge on any atom is -0.466 e. The second-order valence-electron chi connectivity index (χ2n) is 2.78. The molecule has 15 heavy (non-hydrogen) atoms. The molecule has 5 heteroatoms. The minimum absolute atomic E-state index is 0.102. The molecular weight excluding hydrogens is 216 g/mol. The lowest BCUT2D eigenvalue weighted by Crippen LogP contribution is -2.07. The standard InChI is InChI=1S/C10H9ClN2O2/c1-2-15-10(14)5-7-3-8(6-12)13-9(11)4-7/h3-4H,2,5H2,1H3. The number of hydrogen-bond donors (Lipinski definition) is 0. The van der Waals surface area contributed by atoms with Gasteiger partial charge in [0, 0.05) is 0 Å². The van der Waals surface area contributed by atoms with Gasteiger partial charge in [0.2, 0.25) is 0 Å². The number of hydrogen-bond acceptors (Lipinski definition) is 4. The van der Waals surface area contributed by atoms with Crippen LogP contribution in [0, 0.1) is 11.3 Å². The average Bonchev–Trinajstić information content (AvgIpc) is 2.17. The van der Waals surface area contributed by atoms with Crippen molar-refractivity contribution in [2.45, 2.75) is 13.3 Å². The van der Waals surface area contributed by atoms with Crippen LogP contribution in [0.1, 0.15) is 18.2 Å². The van der Waals surface area contributed by atoms with Crippen molar-refractivity contribution in [1.29, 1.82) is 5.26 Å². The summed E-state index contributed by atoms with van der Waals surface area (Å²) in [4.78, 5) is 14.9. The number of aromatic nitrogens is 1. The molecule has 0 N–H and O–H groups in total. The quantitative estimate of drug-likeness (QED) is 0.579. The lowest BCUT2D eigenvalue weighted by molar-refractivity contribution is -0.142. The van der Waals surface area contributed by atoms with Gasteiger partial charge < -0.3 is 4.74 Å². The first-order valence-electron chi connectivity index (χ1n) is 4.38. The van der Waals surface area contributed by atoms with Gasteiger partial charge in [-0.2, -0.15) is 5.26 Å². The maximum absolute atomic E-state index is 11.2. The van der Waals surface area contributed by atoms with E-state index in [1.54, 1.807) is 13.0 Å². The Balaban J connectivity index is 2.82. The van der Waals surface area contributed by atoms with Gasteiger partial charge in [-0.15, -0.1) is 0 Å². The summed E-state index contributed by atoms with van der Waals surface area (Å²) in [5.74, 6) is -0.344. The van der Waals surface area contributed by atoms with Crippen LogP contribution in [-0.2, 0) is 16.0 Å². The maximum Gasteiger partial charge on any atom is 0.310 e. The predicted octanol–water partition coefficient (Wildman–Crippen LogP) is 1.71. The number of esters is 1. The van der Waals surface area contributed by atoms with Crippen LogP contribution < -0.4 is 0 Å². The minimum atomic E-state index is -0.344. The monoisotopic (exact) mass is 224 g/mol. The molecule has 0 unspecified atom stereocenters. The molecule has 0 aliphatic heterocycles. The van der Waals surface area contributed by atoms with E-state index < -0.39 is 0 Å². The molecule has 0 spiro atoms. The summed E-state index contributed by atoms with van der Waals surface area (Å²) in [7, 11) is 0. The summed E-state index contributed by atoms with van der Waals surface area (Å²) in [6.07, 6.45) is 0.102. The van der Waals surface area contributed by atoms with Crippen LogP contribution in [0.25, 0.3) is 0 Å². The highest BCUT2D eigenvalue weighted by atomic mass is 35.5. The van der Waals surface area contributed by atoms with E-state index in [0.717, 1.165) is 0 Å². The third-order valence-corrected chi connectivity index (χ3v) is 1.82. The Morgan fingerprint density at radius 1 is 1.67 bits per heavy atom. The van der Waals surface area contributed by atoms with Crippen molar-refractivity contribution in [2.24, 2.45) is 0 Å². The fraction of sp³-hybridized carbons (Fsp3) is 0.300. The molecule has 0 radical (unpaired) electrons. The molecule has 1 rings (SSSR count). The molecule has 0 amide bonds. The SMILES string of the molecule is CCOC(=O)Cc1cc(Cl)nc(C#N)c1. The van der Waals surface area contributed by atoms with Gasteiger partial charge in [-0.3, -0.25) is 4.79 Å². The largest absolute Gasteiger partial charge is 0.466 e. The highest BCUT2D eigenvalue weighted by Gasteiger charge is 2.06. The number of nitriles is 1. The highest BCUT2D eigenvalue weighted by Crippen LogP contribution is 2.11. The fourth-order valence-electron chi connectivity index (χ4n) is 1.09. The molecule has 0 aromatic carbocycles. The lowest BCUT2D eigenvalue weighted by atomic mass is 10.2. The van der Waals surface area contributed by atoms with Crippen LogP contribution in [0.5, 0.6) is 0 Å². The number of pyridine rings is 1. The van der Waals surface area contributed by atoms with Gasteiger partial charge in [-0.25, -0.2) is 4.98 Å². The molecule has 0 aliphatic carbocycles. The van der Waals surface area contributed by atoms with Gasteiger partial charge >= 0.3 is 5.97 Å². The first-order chi connectivity index (χ1) is 7.15. The van der Waals surface area contributed by atoms with Crippen molar-refractivity contribution < 1.29 is 9.53 Å². The van der Waals surface area contributed by atoms with Crippen LogP contribution in [0.15, 0.2) is 12.1 Å². The summed E-state index contributed by atoms with van der Waals surface area (Å²) < 4.78 is 4.77. The van der Waals surface area contributed by atoms with Crippen molar-refractivity contribution in [3.05, 3.63) is 28.5 Å². The van der Waals surface area contributed by atoms with E-state index in [-0.39, 0.29) is 23.2 Å². The van der Waals surface area contributed by atoms with E-state index in [9.17, 15) is 4.79 Å². The van der Waals surface area contributed by atoms with Gasteiger partial charge in [0.05, 0.1) is 13.0 Å². The topological polar surface area (TPSA) is 63.0 Å². The van der Waals surface area contributed by atoms with Gasteiger partial charge in [0.1, 0.15) is 16.9 Å². The number of nitrogens with zero attached hydrogens (tertiary/aromatic N) is 2. The van der Waals surface area contributed by atoms with Crippen molar-refractivity contribution in [3.63, 3.8) is 0 Å². The van der Waals surface area contributed by atoms with Crippen LogP contribution >= 0.6 is 11.6 Å². The first kappa shape index (κ1) is 11.5. The third-order valence-electron chi connectivity index (χ3n) is 1.62. The Kier molecular flexibility index (Phi) is 4.07. The number of halogens is 1. The average molecular weight is 225 g/mol. The molecule has 0 bridgehead atoms. The molecular formula is C10H9ClN2O2. The first-order valence-corrected chi connectivity index (χ1v) is 4.75. The van der Waals surface area contributed by atoms with E-state index in [1.165, 1.54) is 6.07 Å². The second kappa shape index (κ2) is 5.32. The Hall–Kier alpha value is -1.60. The van der Waals surface area contributed by atoms with Crippen molar-refractivity contribution in [1.82, 2.24) is 4.98 Å². The van der Waals surface area contributed by atoms with E-state index in [0.29, 0.717) is 12.2 Å². The van der Waals surface area contributed by atoms with Crippen molar-refractivity contribution in [2.75, 3.05) is 6.61 Å². The molecule has 0 aliphatic rings. The Labute approximate surface area is 92.4 Å². The summed E-state index contributed by atoms with van der Waals surface area (Å²) in [5.41, 5.74) is 0.826. The number of rotatable bonds is 3. The molecule has 0 fully saturated rings. The van der Waals surface area contributed by atoms with E-state index in [2.05, 4.69) is 4.98 Å². The van der Waals surface area contributed by atoms with Gasteiger partial charge in [0.15, 0.2) is 0 Å². The Bertz CT molecular complexity index is 412. The maximum atomic E-state index is 11.2. The zero-order valence-corrected chi connectivity index (χ0v) is 8.91. The van der Waals surface area contributed by atoms with Gasteiger partial charge in [-0.1, -0.05) is 11.6 Å². The summed E-state index contributed by atoms with van der Waals surface area (Å²) >= 11 is 5.67. The normalized spacial score (nSPS) is 9.40. The fourth-order valence-corrected chi connectivity index (χ4v) is 1.32. The molecule has 1 aromatic heterocycles. The predicted molar refractivity (Wildman–Crippen MR) is 54.3 cm³/mol. The zero-order valence-electron chi connectivity index (χ0n) is 8.16. The van der Waals surface area contributed by atoms with Crippen molar-refractivity contribution >= 4 is 17.6 Å². The third kappa shape index (κ3) is 3.56. The van der Waals surface area contributed by atoms with Gasteiger partial charge in [0.25, 0.3) is 0 Å². The Morgan fingerprint density at radius 3 is 3.00 bits per heavy atom. The molecule has 4 nitrogen and oxygen atoms in total. The van der Waals surface area contributed by atoms with E-state index in [4.69, 9.17) is 21.6 Å². The van der Waals surface area contributed by atoms with Crippen LogP contribution in [-0.4, -0.2) is 17.6 Å². The van der Waals surface area contributed by atoms with Crippen LogP contribution in [0.2, 0.25) is 5.15 Å². The molecule has 0 saturated heterocycles. The molecule has 1 heterocycles. The zero-order chi connectivity index (χ0) is 11.3. The highest BCUT2D eigenvalue weighted by molar-refractivity contribution is 6.29. The molecule has 0 saturated carbocycles. The summed E-state index contributed by atoms with van der Waals surface area (Å²) in [5, 5.41) is 8.84. The summed E-state index contributed by atoms with van der Waals surface area (Å²) in [6.45, 7) is 2.07. The number of ether oxygens (including phenoxy) is 1. The molecule has 78 valence electrons.